The number of esters is 1. The third-order valence-corrected chi connectivity index (χ3v) is 3.27. The molecule has 0 saturated carbocycles. The van der Waals surface area contributed by atoms with Gasteiger partial charge in [-0.25, -0.2) is 9.18 Å². The summed E-state index contributed by atoms with van der Waals surface area (Å²) in [5.41, 5.74) is 0.569. The average molecular weight is 281 g/mol. The summed E-state index contributed by atoms with van der Waals surface area (Å²) in [6, 6.07) is 3.65. The monoisotopic (exact) mass is 281 g/mol. The first-order valence-electron chi connectivity index (χ1n) is 6.36. The number of amides is 1. The van der Waals surface area contributed by atoms with E-state index in [0.717, 1.165) is 0 Å². The van der Waals surface area contributed by atoms with Crippen LogP contribution in [0.2, 0.25) is 0 Å². The minimum Gasteiger partial charge on any atom is -0.494 e. The lowest BCUT2D eigenvalue weighted by Crippen LogP contribution is -2.37. The zero-order chi connectivity index (χ0) is 14.7. The van der Waals surface area contributed by atoms with E-state index in [9.17, 15) is 14.0 Å². The van der Waals surface area contributed by atoms with E-state index in [1.165, 1.54) is 19.2 Å². The molecule has 1 N–H and O–H groups in total. The average Bonchev–Trinajstić information content (AvgIpc) is 2.81. The van der Waals surface area contributed by atoms with Gasteiger partial charge in [0.2, 0.25) is 5.91 Å². The third kappa shape index (κ3) is 2.74. The largest absolute Gasteiger partial charge is 0.494 e. The van der Waals surface area contributed by atoms with Gasteiger partial charge in [-0.2, -0.15) is 0 Å². The molecule has 0 radical (unpaired) electrons. The Kier molecular flexibility index (Phi) is 4.22. The van der Waals surface area contributed by atoms with Crippen molar-refractivity contribution < 1.29 is 23.5 Å². The molecule has 1 aliphatic rings. The summed E-state index contributed by atoms with van der Waals surface area (Å²) < 4.78 is 23.5. The molecule has 1 aromatic carbocycles. The summed E-state index contributed by atoms with van der Waals surface area (Å²) in [6.45, 7) is 1.92. The maximum atomic E-state index is 13.7. The Bertz CT molecular complexity index is 532. The van der Waals surface area contributed by atoms with E-state index < -0.39 is 23.7 Å². The highest BCUT2D eigenvalue weighted by molar-refractivity contribution is 5.90. The van der Waals surface area contributed by atoms with Crippen LogP contribution in [0.3, 0.4) is 0 Å². The molecule has 5 nitrogen and oxygen atoms in total. The van der Waals surface area contributed by atoms with Crippen molar-refractivity contribution in [2.45, 2.75) is 25.3 Å². The fourth-order valence-corrected chi connectivity index (χ4v) is 2.33. The van der Waals surface area contributed by atoms with Crippen molar-refractivity contribution in [3.8, 4) is 5.75 Å². The van der Waals surface area contributed by atoms with Crippen LogP contribution in [0.15, 0.2) is 18.2 Å². The lowest BCUT2D eigenvalue weighted by Gasteiger charge is -2.18. The summed E-state index contributed by atoms with van der Waals surface area (Å²) in [4.78, 5) is 23.3. The molecule has 0 bridgehead atoms. The number of rotatable bonds is 4. The number of benzene rings is 1. The zero-order valence-electron chi connectivity index (χ0n) is 11.3. The lowest BCUT2D eigenvalue weighted by molar-refractivity contribution is -0.146. The molecular weight excluding hydrogens is 265 g/mol. The fraction of sp³-hybridized carbons (Fsp3) is 0.429. The maximum absolute atomic E-state index is 13.7. The van der Waals surface area contributed by atoms with Crippen molar-refractivity contribution in [1.29, 1.82) is 0 Å². The van der Waals surface area contributed by atoms with Gasteiger partial charge in [-0.3, -0.25) is 4.79 Å². The molecule has 1 amide bonds. The number of carbonyl (C=O) groups excluding carboxylic acids is 2. The minimum absolute atomic E-state index is 0.124. The Morgan fingerprint density at radius 1 is 1.50 bits per heavy atom. The molecule has 2 rings (SSSR count). The first-order chi connectivity index (χ1) is 9.56. The molecule has 0 aliphatic carbocycles. The smallest absolute Gasteiger partial charge is 0.329 e. The predicted octanol–water partition coefficient (Wildman–Crippen LogP) is 1.37. The summed E-state index contributed by atoms with van der Waals surface area (Å²) in [5.74, 6) is -1.57. The van der Waals surface area contributed by atoms with Gasteiger partial charge in [0.05, 0.1) is 13.7 Å². The van der Waals surface area contributed by atoms with E-state index in [-0.39, 0.29) is 24.7 Å². The molecule has 6 heteroatoms. The van der Waals surface area contributed by atoms with Gasteiger partial charge < -0.3 is 14.8 Å². The quantitative estimate of drug-likeness (QED) is 0.847. The molecule has 1 fully saturated rings. The highest BCUT2D eigenvalue weighted by Crippen LogP contribution is 2.31. The summed E-state index contributed by atoms with van der Waals surface area (Å²) >= 11 is 0. The molecule has 1 aromatic rings. The standard InChI is InChI=1S/C14H16FNO4/c1-3-20-14(18)13-9(7-12(17)16-13)8-4-5-11(19-2)10(15)6-8/h4-6,9,13H,3,7H2,1-2H3,(H,16,17). The molecule has 0 aromatic heterocycles. The Hall–Kier alpha value is -2.11. The number of nitrogens with one attached hydrogen (secondary N) is 1. The Morgan fingerprint density at radius 3 is 2.85 bits per heavy atom. The van der Waals surface area contributed by atoms with Crippen LogP contribution >= 0.6 is 0 Å². The molecular formula is C14H16FNO4. The molecule has 1 aliphatic heterocycles. The van der Waals surface area contributed by atoms with Crippen LogP contribution in [-0.4, -0.2) is 31.6 Å². The Morgan fingerprint density at radius 2 is 2.25 bits per heavy atom. The van der Waals surface area contributed by atoms with Crippen molar-refractivity contribution in [2.24, 2.45) is 0 Å². The van der Waals surface area contributed by atoms with Gasteiger partial charge in [0.25, 0.3) is 0 Å². The first kappa shape index (κ1) is 14.3. The van der Waals surface area contributed by atoms with Crippen molar-refractivity contribution in [3.63, 3.8) is 0 Å². The van der Waals surface area contributed by atoms with Crippen LogP contribution in [0.5, 0.6) is 5.75 Å². The van der Waals surface area contributed by atoms with E-state index in [4.69, 9.17) is 9.47 Å². The number of carbonyl (C=O) groups is 2. The topological polar surface area (TPSA) is 64.6 Å². The maximum Gasteiger partial charge on any atom is 0.329 e. The predicted molar refractivity (Wildman–Crippen MR) is 68.9 cm³/mol. The highest BCUT2D eigenvalue weighted by atomic mass is 19.1. The Balaban J connectivity index is 2.27. The highest BCUT2D eigenvalue weighted by Gasteiger charge is 2.39. The number of hydrogen-bond acceptors (Lipinski definition) is 4. The van der Waals surface area contributed by atoms with Crippen LogP contribution < -0.4 is 10.1 Å². The van der Waals surface area contributed by atoms with Gasteiger partial charge >= 0.3 is 5.97 Å². The summed E-state index contributed by atoms with van der Waals surface area (Å²) in [5, 5.41) is 2.57. The van der Waals surface area contributed by atoms with Crippen LogP contribution in [0, 0.1) is 5.82 Å². The van der Waals surface area contributed by atoms with Crippen LogP contribution in [0.25, 0.3) is 0 Å². The fourth-order valence-electron chi connectivity index (χ4n) is 2.33. The van der Waals surface area contributed by atoms with E-state index >= 15 is 0 Å². The van der Waals surface area contributed by atoms with Gasteiger partial charge in [-0.15, -0.1) is 0 Å². The van der Waals surface area contributed by atoms with Crippen LogP contribution in [0.1, 0.15) is 24.8 Å². The van der Waals surface area contributed by atoms with Gasteiger partial charge in [0.15, 0.2) is 11.6 Å². The van der Waals surface area contributed by atoms with Gasteiger partial charge in [0.1, 0.15) is 6.04 Å². The van der Waals surface area contributed by atoms with Gasteiger partial charge in [0, 0.05) is 12.3 Å². The molecule has 20 heavy (non-hydrogen) atoms. The molecule has 0 spiro atoms. The molecule has 108 valence electrons. The third-order valence-electron chi connectivity index (χ3n) is 3.27. The molecule has 1 saturated heterocycles. The number of halogens is 1. The molecule has 2 atom stereocenters. The van der Waals surface area contributed by atoms with Gasteiger partial charge in [-0.1, -0.05) is 6.07 Å². The molecule has 1 heterocycles. The summed E-state index contributed by atoms with van der Waals surface area (Å²) in [7, 11) is 1.38. The van der Waals surface area contributed by atoms with E-state index in [1.54, 1.807) is 13.0 Å². The van der Waals surface area contributed by atoms with Gasteiger partial charge in [-0.05, 0) is 24.6 Å². The number of hydrogen-bond donors (Lipinski definition) is 1. The van der Waals surface area contributed by atoms with E-state index in [0.29, 0.717) is 5.56 Å². The second-order valence-corrected chi connectivity index (χ2v) is 4.50. The zero-order valence-corrected chi connectivity index (χ0v) is 11.3. The van der Waals surface area contributed by atoms with E-state index in [1.807, 2.05) is 0 Å². The van der Waals surface area contributed by atoms with Crippen molar-refractivity contribution in [3.05, 3.63) is 29.6 Å². The minimum atomic E-state index is -0.768. The number of ether oxygens (including phenoxy) is 2. The summed E-state index contributed by atoms with van der Waals surface area (Å²) in [6.07, 6.45) is 0.134. The van der Waals surface area contributed by atoms with Crippen molar-refractivity contribution in [1.82, 2.24) is 5.32 Å². The van der Waals surface area contributed by atoms with Crippen LogP contribution in [0.4, 0.5) is 4.39 Å². The van der Waals surface area contributed by atoms with E-state index in [2.05, 4.69) is 5.32 Å². The molecule has 2 unspecified atom stereocenters. The Labute approximate surface area is 116 Å². The van der Waals surface area contributed by atoms with Crippen molar-refractivity contribution in [2.75, 3.05) is 13.7 Å². The normalized spacial score (nSPS) is 21.4. The SMILES string of the molecule is CCOC(=O)C1NC(=O)CC1c1ccc(OC)c(F)c1. The van der Waals surface area contributed by atoms with Crippen molar-refractivity contribution >= 4 is 11.9 Å². The lowest BCUT2D eigenvalue weighted by atomic mass is 9.91. The first-order valence-corrected chi connectivity index (χ1v) is 6.36. The second-order valence-electron chi connectivity index (χ2n) is 4.50. The second kappa shape index (κ2) is 5.90. The number of methoxy groups -OCH3 is 1. The van der Waals surface area contributed by atoms with Crippen LogP contribution in [-0.2, 0) is 14.3 Å².